The Morgan fingerprint density at radius 2 is 2.17 bits per heavy atom. The highest BCUT2D eigenvalue weighted by Crippen LogP contribution is 2.22. The minimum Gasteiger partial charge on any atom is -0.465 e. The van der Waals surface area contributed by atoms with Crippen LogP contribution in [0.3, 0.4) is 0 Å². The number of likely N-dealkylation sites (tertiary alicyclic amines) is 1. The lowest BCUT2D eigenvalue weighted by Crippen LogP contribution is -2.38. The first kappa shape index (κ1) is 15.1. The standard InChI is InChI=1S/C8H13F2NO6S/c1-18(14,15)17-6-2-5(4-16-7(9)10)11(3-6)8(12)13/h5-7H,2-4H2,1H3,(H,12,13)/t5-,6+/m0/s1. The normalized spacial score (nSPS) is 24.8. The fourth-order valence-electron chi connectivity index (χ4n) is 1.77. The van der Waals surface area contributed by atoms with Gasteiger partial charge in [-0.15, -0.1) is 0 Å². The molecule has 1 aliphatic rings. The predicted octanol–water partition coefficient (Wildman–Crippen LogP) is 0.323. The van der Waals surface area contributed by atoms with Gasteiger partial charge in [0.25, 0.3) is 10.1 Å². The Bertz CT molecular complexity index is 400. The molecule has 1 aliphatic heterocycles. The lowest BCUT2D eigenvalue weighted by Gasteiger charge is -2.20. The minimum atomic E-state index is -3.72. The molecule has 2 atom stereocenters. The van der Waals surface area contributed by atoms with Crippen molar-refractivity contribution in [1.82, 2.24) is 4.90 Å². The molecule has 10 heteroatoms. The molecule has 1 N–H and O–H groups in total. The number of amides is 1. The number of ether oxygens (including phenoxy) is 1. The molecule has 1 heterocycles. The summed E-state index contributed by atoms with van der Waals surface area (Å²) in [4.78, 5) is 11.7. The van der Waals surface area contributed by atoms with Gasteiger partial charge in [-0.05, 0) is 6.42 Å². The van der Waals surface area contributed by atoms with Crippen LogP contribution in [0.4, 0.5) is 13.6 Å². The number of nitrogens with zero attached hydrogens (tertiary/aromatic N) is 1. The third-order valence-electron chi connectivity index (χ3n) is 2.35. The summed E-state index contributed by atoms with van der Waals surface area (Å²) in [5.41, 5.74) is 0. The highest BCUT2D eigenvalue weighted by Gasteiger charge is 2.38. The highest BCUT2D eigenvalue weighted by molar-refractivity contribution is 7.86. The molecule has 106 valence electrons. The maximum absolute atomic E-state index is 11.9. The monoisotopic (exact) mass is 289 g/mol. The summed E-state index contributed by atoms with van der Waals surface area (Å²) < 4.78 is 54.2. The van der Waals surface area contributed by atoms with Crippen molar-refractivity contribution in [3.8, 4) is 0 Å². The number of hydrogen-bond donors (Lipinski definition) is 1. The van der Waals surface area contributed by atoms with E-state index in [2.05, 4.69) is 8.92 Å². The topological polar surface area (TPSA) is 93.1 Å². The molecule has 0 bridgehead atoms. The molecule has 1 fully saturated rings. The second kappa shape index (κ2) is 5.76. The third kappa shape index (κ3) is 4.70. The molecule has 0 aromatic carbocycles. The molecule has 0 aliphatic carbocycles. The maximum Gasteiger partial charge on any atom is 0.407 e. The molecule has 1 rings (SSSR count). The summed E-state index contributed by atoms with van der Waals surface area (Å²) >= 11 is 0. The summed E-state index contributed by atoms with van der Waals surface area (Å²) in [5, 5.41) is 8.84. The Balaban J connectivity index is 2.62. The van der Waals surface area contributed by atoms with Crippen LogP contribution >= 0.6 is 0 Å². The van der Waals surface area contributed by atoms with Gasteiger partial charge in [0.05, 0.1) is 31.6 Å². The molecule has 18 heavy (non-hydrogen) atoms. The van der Waals surface area contributed by atoms with Gasteiger partial charge < -0.3 is 14.7 Å². The average Bonchev–Trinajstić information content (AvgIpc) is 2.55. The number of hydrogen-bond acceptors (Lipinski definition) is 5. The van der Waals surface area contributed by atoms with Gasteiger partial charge in [0.2, 0.25) is 0 Å². The molecule has 1 saturated heterocycles. The maximum atomic E-state index is 11.9. The van der Waals surface area contributed by atoms with Crippen molar-refractivity contribution in [2.75, 3.05) is 19.4 Å². The van der Waals surface area contributed by atoms with Gasteiger partial charge in [0, 0.05) is 0 Å². The van der Waals surface area contributed by atoms with E-state index in [9.17, 15) is 22.0 Å². The molecule has 0 aromatic heterocycles. The van der Waals surface area contributed by atoms with Crippen LogP contribution in [-0.2, 0) is 19.0 Å². The van der Waals surface area contributed by atoms with Crippen molar-refractivity contribution in [3.05, 3.63) is 0 Å². The molecule has 0 saturated carbocycles. The summed E-state index contributed by atoms with van der Waals surface area (Å²) in [6.07, 6.45) is -1.38. The van der Waals surface area contributed by atoms with E-state index in [4.69, 9.17) is 5.11 Å². The second-order valence-corrected chi connectivity index (χ2v) is 5.44. The van der Waals surface area contributed by atoms with Gasteiger partial charge in [-0.25, -0.2) is 4.79 Å². The Morgan fingerprint density at radius 1 is 1.56 bits per heavy atom. The van der Waals surface area contributed by atoms with Crippen LogP contribution in [0.2, 0.25) is 0 Å². The van der Waals surface area contributed by atoms with Crippen molar-refractivity contribution in [2.45, 2.75) is 25.2 Å². The van der Waals surface area contributed by atoms with E-state index in [1.54, 1.807) is 0 Å². The van der Waals surface area contributed by atoms with Crippen LogP contribution in [-0.4, -0.2) is 62.7 Å². The fourth-order valence-corrected chi connectivity index (χ4v) is 2.40. The minimum absolute atomic E-state index is 0.00785. The largest absolute Gasteiger partial charge is 0.465 e. The first-order chi connectivity index (χ1) is 8.19. The van der Waals surface area contributed by atoms with Gasteiger partial charge in [-0.2, -0.15) is 17.2 Å². The van der Waals surface area contributed by atoms with E-state index >= 15 is 0 Å². The number of rotatable bonds is 5. The highest BCUT2D eigenvalue weighted by atomic mass is 32.2. The summed E-state index contributed by atoms with van der Waals surface area (Å²) in [6, 6.07) is -0.844. The lowest BCUT2D eigenvalue weighted by atomic mass is 10.2. The Hall–Kier alpha value is -1.00. The van der Waals surface area contributed by atoms with Crippen LogP contribution < -0.4 is 0 Å². The van der Waals surface area contributed by atoms with E-state index in [0.29, 0.717) is 0 Å². The molecule has 1 amide bonds. The smallest absolute Gasteiger partial charge is 0.407 e. The van der Waals surface area contributed by atoms with Crippen molar-refractivity contribution in [2.24, 2.45) is 0 Å². The van der Waals surface area contributed by atoms with Gasteiger partial charge in [0.1, 0.15) is 0 Å². The summed E-state index contributed by atoms with van der Waals surface area (Å²) in [5.74, 6) is 0. The molecule has 0 unspecified atom stereocenters. The fraction of sp³-hybridized carbons (Fsp3) is 0.875. The van der Waals surface area contributed by atoms with Gasteiger partial charge in [-0.3, -0.25) is 4.18 Å². The van der Waals surface area contributed by atoms with E-state index in [-0.39, 0.29) is 13.0 Å². The number of alkyl halides is 2. The molecular weight excluding hydrogens is 276 g/mol. The SMILES string of the molecule is CS(=O)(=O)O[C@@H]1C[C@@H](COC(F)F)N(C(=O)O)C1. The van der Waals surface area contributed by atoms with Crippen LogP contribution in [0, 0.1) is 0 Å². The summed E-state index contributed by atoms with van der Waals surface area (Å²) in [7, 11) is -3.72. The zero-order chi connectivity index (χ0) is 13.9. The van der Waals surface area contributed by atoms with Gasteiger partial charge in [-0.1, -0.05) is 0 Å². The van der Waals surface area contributed by atoms with Crippen LogP contribution in [0.25, 0.3) is 0 Å². The Kier molecular flexibility index (Phi) is 4.82. The predicted molar refractivity (Wildman–Crippen MR) is 54.8 cm³/mol. The number of carboxylic acid groups (broad SMARTS) is 1. The zero-order valence-electron chi connectivity index (χ0n) is 9.45. The van der Waals surface area contributed by atoms with E-state index in [0.717, 1.165) is 11.2 Å². The van der Waals surface area contributed by atoms with E-state index in [1.807, 2.05) is 0 Å². The van der Waals surface area contributed by atoms with Crippen LogP contribution in [0.15, 0.2) is 0 Å². The van der Waals surface area contributed by atoms with Crippen molar-refractivity contribution >= 4 is 16.2 Å². The third-order valence-corrected chi connectivity index (χ3v) is 2.97. The lowest BCUT2D eigenvalue weighted by molar-refractivity contribution is -0.137. The second-order valence-electron chi connectivity index (χ2n) is 3.84. The quantitative estimate of drug-likeness (QED) is 0.733. The van der Waals surface area contributed by atoms with Crippen molar-refractivity contribution in [1.29, 1.82) is 0 Å². The zero-order valence-corrected chi connectivity index (χ0v) is 10.3. The first-order valence-corrected chi connectivity index (χ1v) is 6.78. The van der Waals surface area contributed by atoms with E-state index < -0.39 is 41.6 Å². The Labute approximate surface area is 102 Å². The summed E-state index contributed by atoms with van der Waals surface area (Å²) in [6.45, 7) is -3.71. The van der Waals surface area contributed by atoms with Gasteiger partial charge >= 0.3 is 12.7 Å². The van der Waals surface area contributed by atoms with Crippen molar-refractivity contribution < 1.29 is 36.0 Å². The molecular formula is C8H13F2NO6S. The van der Waals surface area contributed by atoms with Crippen molar-refractivity contribution in [3.63, 3.8) is 0 Å². The molecule has 0 aromatic rings. The Morgan fingerprint density at radius 3 is 2.61 bits per heavy atom. The van der Waals surface area contributed by atoms with E-state index in [1.165, 1.54) is 0 Å². The van der Waals surface area contributed by atoms with Crippen LogP contribution in [0.1, 0.15) is 6.42 Å². The average molecular weight is 289 g/mol. The first-order valence-electron chi connectivity index (χ1n) is 4.96. The molecule has 0 spiro atoms. The van der Waals surface area contributed by atoms with Gasteiger partial charge in [0.15, 0.2) is 0 Å². The molecule has 7 nitrogen and oxygen atoms in total. The number of carbonyl (C=O) groups is 1. The van der Waals surface area contributed by atoms with Crippen LogP contribution in [0.5, 0.6) is 0 Å². The number of halogens is 2. The molecule has 0 radical (unpaired) electrons.